The summed E-state index contributed by atoms with van der Waals surface area (Å²) in [5.41, 5.74) is 6.74. The molecule has 0 radical (unpaired) electrons. The van der Waals surface area contributed by atoms with E-state index in [4.69, 9.17) is 4.74 Å². The molecule has 0 saturated heterocycles. The van der Waals surface area contributed by atoms with E-state index in [0.29, 0.717) is 6.42 Å². The second-order valence-corrected chi connectivity index (χ2v) is 9.46. The van der Waals surface area contributed by atoms with Crippen molar-refractivity contribution in [1.82, 2.24) is 4.57 Å². The van der Waals surface area contributed by atoms with Gasteiger partial charge in [-0.15, -0.1) is 0 Å². The fourth-order valence-electron chi connectivity index (χ4n) is 4.68. The third kappa shape index (κ3) is 7.88. The molecule has 0 spiro atoms. The average Bonchev–Trinajstić information content (AvgIpc) is 3.23. The maximum atomic E-state index is 9.70. The Labute approximate surface area is 222 Å². The van der Waals surface area contributed by atoms with Gasteiger partial charge in [0.25, 0.3) is 0 Å². The highest BCUT2D eigenvalue weighted by molar-refractivity contribution is 5.89. The molecular weight excluding hydrogens is 454 g/mol. The van der Waals surface area contributed by atoms with Crippen LogP contribution in [-0.4, -0.2) is 16.3 Å². The van der Waals surface area contributed by atoms with Crippen LogP contribution in [0.3, 0.4) is 0 Å². The first-order valence-electron chi connectivity index (χ1n) is 13.3. The molecule has 3 aromatic rings. The van der Waals surface area contributed by atoms with Gasteiger partial charge in [0.05, 0.1) is 17.9 Å². The lowest BCUT2D eigenvalue weighted by Gasteiger charge is -2.14. The molecule has 194 valence electrons. The molecule has 1 heterocycles. The molecule has 0 unspecified atom stereocenters. The number of aliphatic hydroxyl groups is 1. The number of aryl methyl sites for hydroxylation is 1. The molecule has 0 atom stereocenters. The molecule has 0 amide bonds. The van der Waals surface area contributed by atoms with Crippen LogP contribution in [0.15, 0.2) is 104 Å². The van der Waals surface area contributed by atoms with Gasteiger partial charge in [0.1, 0.15) is 5.75 Å². The van der Waals surface area contributed by atoms with Gasteiger partial charge < -0.3 is 14.4 Å². The molecule has 0 fully saturated rings. The van der Waals surface area contributed by atoms with Crippen LogP contribution < -0.4 is 4.74 Å². The average molecular weight is 496 g/mol. The lowest BCUT2D eigenvalue weighted by molar-refractivity contribution is 0.305. The summed E-state index contributed by atoms with van der Waals surface area (Å²) < 4.78 is 8.17. The number of unbranched alkanes of at least 4 members (excludes halogenated alkanes) is 2. The van der Waals surface area contributed by atoms with Crippen LogP contribution in [0.5, 0.6) is 5.75 Å². The lowest BCUT2D eigenvalue weighted by Crippen LogP contribution is -2.01. The van der Waals surface area contributed by atoms with Gasteiger partial charge in [0.2, 0.25) is 0 Å². The fourth-order valence-corrected chi connectivity index (χ4v) is 4.68. The van der Waals surface area contributed by atoms with Gasteiger partial charge in [-0.3, -0.25) is 0 Å². The number of benzene rings is 2. The fraction of sp³-hybridized carbons (Fsp3) is 0.294. The quantitative estimate of drug-likeness (QED) is 0.0986. The van der Waals surface area contributed by atoms with E-state index in [1.54, 1.807) is 0 Å². The highest BCUT2D eigenvalue weighted by Gasteiger charge is 2.13. The molecule has 0 aliphatic rings. The van der Waals surface area contributed by atoms with Gasteiger partial charge in [-0.05, 0) is 93.0 Å². The molecule has 0 aliphatic carbocycles. The Bertz CT molecular complexity index is 1270. The van der Waals surface area contributed by atoms with Crippen molar-refractivity contribution in [3.63, 3.8) is 0 Å². The summed E-state index contributed by atoms with van der Waals surface area (Å²) in [5.74, 6) is 1.06. The number of aromatic nitrogens is 1. The standard InChI is InChI=1S/C34H41NO2/c1-6-8-9-11-15-29(7-2)16-12-10-13-23-37-32-21-19-30(20-22-32)28(5)35-26(3)24-33-31(25-27(4)36)17-14-18-34(33)35/h6,8-9,14-15,17-22,24,36H,1,4-5,7,10-13,16,23,25H2,2-3H3/b9-8-,29-15+. The highest BCUT2D eigenvalue weighted by Crippen LogP contribution is 2.30. The SMILES string of the molecule is C=C/C=C\C/C=C(\CC)CCCCCOc1ccc(C(=C)n2c(C)cc3c(CC(=C)O)cccc32)cc1. The van der Waals surface area contributed by atoms with Crippen LogP contribution in [0.1, 0.15) is 62.3 Å². The smallest absolute Gasteiger partial charge is 0.119 e. The predicted molar refractivity (Wildman–Crippen MR) is 159 cm³/mol. The van der Waals surface area contributed by atoms with Crippen molar-refractivity contribution in [2.45, 2.75) is 58.8 Å². The second kappa shape index (κ2) is 14.1. The van der Waals surface area contributed by atoms with Gasteiger partial charge in [-0.25, -0.2) is 0 Å². The van der Waals surface area contributed by atoms with Crippen LogP contribution in [0.25, 0.3) is 16.6 Å². The molecule has 3 rings (SSSR count). The number of allylic oxidation sites excluding steroid dienone is 6. The summed E-state index contributed by atoms with van der Waals surface area (Å²) in [4.78, 5) is 0. The zero-order chi connectivity index (χ0) is 26.6. The van der Waals surface area contributed by atoms with E-state index < -0.39 is 0 Å². The maximum absolute atomic E-state index is 9.70. The second-order valence-electron chi connectivity index (χ2n) is 9.46. The third-order valence-electron chi connectivity index (χ3n) is 6.65. The van der Waals surface area contributed by atoms with Crippen molar-refractivity contribution in [2.75, 3.05) is 6.61 Å². The topological polar surface area (TPSA) is 34.4 Å². The maximum Gasteiger partial charge on any atom is 0.119 e. The van der Waals surface area contributed by atoms with Crippen LogP contribution >= 0.6 is 0 Å². The summed E-state index contributed by atoms with van der Waals surface area (Å²) in [5, 5.41) is 10.8. The van der Waals surface area contributed by atoms with Crippen molar-refractivity contribution in [2.24, 2.45) is 0 Å². The first-order chi connectivity index (χ1) is 17.9. The predicted octanol–water partition coefficient (Wildman–Crippen LogP) is 9.49. The molecule has 0 bridgehead atoms. The van der Waals surface area contributed by atoms with Crippen molar-refractivity contribution in [3.05, 3.63) is 121 Å². The molecule has 1 aromatic heterocycles. The van der Waals surface area contributed by atoms with Gasteiger partial charge in [0.15, 0.2) is 0 Å². The number of nitrogens with zero attached hydrogens (tertiary/aromatic N) is 1. The lowest BCUT2D eigenvalue weighted by atomic mass is 10.0. The Kier molecular flexibility index (Phi) is 10.6. The molecule has 1 N–H and O–H groups in total. The Morgan fingerprint density at radius 1 is 1.05 bits per heavy atom. The van der Waals surface area contributed by atoms with Crippen LogP contribution in [-0.2, 0) is 6.42 Å². The summed E-state index contributed by atoms with van der Waals surface area (Å²) >= 11 is 0. The van der Waals surface area contributed by atoms with E-state index in [9.17, 15) is 5.11 Å². The third-order valence-corrected chi connectivity index (χ3v) is 6.65. The van der Waals surface area contributed by atoms with E-state index >= 15 is 0 Å². The number of aliphatic hydroxyl groups excluding tert-OH is 1. The van der Waals surface area contributed by atoms with E-state index in [0.717, 1.165) is 65.0 Å². The van der Waals surface area contributed by atoms with Gasteiger partial charge in [0, 0.05) is 23.2 Å². The van der Waals surface area contributed by atoms with Crippen molar-refractivity contribution < 1.29 is 9.84 Å². The van der Waals surface area contributed by atoms with Crippen molar-refractivity contribution in [1.29, 1.82) is 0 Å². The molecule has 3 nitrogen and oxygen atoms in total. The number of hydrogen-bond acceptors (Lipinski definition) is 2. The summed E-state index contributed by atoms with van der Waals surface area (Å²) in [6, 6.07) is 16.5. The zero-order valence-corrected chi connectivity index (χ0v) is 22.5. The number of fused-ring (bicyclic) bond motifs is 1. The number of rotatable bonds is 15. The van der Waals surface area contributed by atoms with E-state index in [2.05, 4.69) is 74.6 Å². The number of ether oxygens (including phenoxy) is 1. The minimum atomic E-state index is 0.169. The summed E-state index contributed by atoms with van der Waals surface area (Å²) in [7, 11) is 0. The van der Waals surface area contributed by atoms with E-state index in [1.807, 2.05) is 36.4 Å². The molecular formula is C34H41NO2. The normalized spacial score (nSPS) is 11.8. The minimum absolute atomic E-state index is 0.169. The first-order valence-corrected chi connectivity index (χ1v) is 13.3. The Morgan fingerprint density at radius 2 is 1.84 bits per heavy atom. The minimum Gasteiger partial charge on any atom is -0.513 e. The van der Waals surface area contributed by atoms with Crippen molar-refractivity contribution in [3.8, 4) is 5.75 Å². The zero-order valence-electron chi connectivity index (χ0n) is 22.5. The molecule has 37 heavy (non-hydrogen) atoms. The van der Waals surface area contributed by atoms with Crippen LogP contribution in [0.4, 0.5) is 0 Å². The highest BCUT2D eigenvalue weighted by atomic mass is 16.5. The van der Waals surface area contributed by atoms with E-state index in [1.165, 1.54) is 24.8 Å². The van der Waals surface area contributed by atoms with Crippen LogP contribution in [0.2, 0.25) is 0 Å². The summed E-state index contributed by atoms with van der Waals surface area (Å²) in [6.07, 6.45) is 15.4. The monoisotopic (exact) mass is 495 g/mol. The van der Waals surface area contributed by atoms with Gasteiger partial charge >= 0.3 is 0 Å². The van der Waals surface area contributed by atoms with Gasteiger partial charge in [-0.2, -0.15) is 0 Å². The van der Waals surface area contributed by atoms with Gasteiger partial charge in [-0.1, -0.05) is 68.7 Å². The first kappa shape index (κ1) is 27.9. The van der Waals surface area contributed by atoms with Crippen molar-refractivity contribution >= 4 is 16.6 Å². The molecule has 0 aliphatic heterocycles. The molecule has 0 saturated carbocycles. The van der Waals surface area contributed by atoms with E-state index in [-0.39, 0.29) is 5.76 Å². The molecule has 3 heteroatoms. The molecule has 2 aromatic carbocycles. The Balaban J connectivity index is 1.52. The largest absolute Gasteiger partial charge is 0.513 e. The Morgan fingerprint density at radius 3 is 2.54 bits per heavy atom. The summed E-state index contributed by atoms with van der Waals surface area (Å²) in [6.45, 7) is 16.8. The van der Waals surface area contributed by atoms with Crippen LogP contribution in [0, 0.1) is 6.92 Å². The Hall–Kier alpha value is -3.72. The number of hydrogen-bond donors (Lipinski definition) is 1.